The minimum Gasteiger partial charge on any atom is -0.395 e. The van der Waals surface area contributed by atoms with E-state index >= 15 is 0 Å². The van der Waals surface area contributed by atoms with Gasteiger partial charge < -0.3 is 5.11 Å². The van der Waals surface area contributed by atoms with Gasteiger partial charge in [-0.1, -0.05) is 34.8 Å². The first-order valence-corrected chi connectivity index (χ1v) is 6.90. The molecular weight excluding hydrogens is 297 g/mol. The van der Waals surface area contributed by atoms with Crippen molar-refractivity contribution in [2.75, 3.05) is 17.1 Å². The van der Waals surface area contributed by atoms with E-state index in [-0.39, 0.29) is 20.8 Å². The summed E-state index contributed by atoms with van der Waals surface area (Å²) in [4.78, 5) is 0. The van der Waals surface area contributed by atoms with Gasteiger partial charge in [-0.3, -0.25) is 4.72 Å². The Morgan fingerprint density at radius 1 is 1.12 bits per heavy atom. The van der Waals surface area contributed by atoms with Crippen LogP contribution in [0.15, 0.2) is 12.1 Å². The third-order valence-electron chi connectivity index (χ3n) is 1.64. The molecule has 0 atom stereocenters. The highest BCUT2D eigenvalue weighted by Crippen LogP contribution is 2.32. The zero-order valence-corrected chi connectivity index (χ0v) is 11.0. The topological polar surface area (TPSA) is 66.4 Å². The van der Waals surface area contributed by atoms with E-state index in [1.807, 2.05) is 0 Å². The Morgan fingerprint density at radius 3 is 2.25 bits per heavy atom. The van der Waals surface area contributed by atoms with Crippen LogP contribution in [0.1, 0.15) is 0 Å². The number of aliphatic hydroxyl groups is 1. The van der Waals surface area contributed by atoms with Gasteiger partial charge in [0.05, 0.1) is 33.1 Å². The summed E-state index contributed by atoms with van der Waals surface area (Å²) >= 11 is 17.2. The molecule has 0 fully saturated rings. The van der Waals surface area contributed by atoms with Crippen LogP contribution in [0.5, 0.6) is 0 Å². The molecule has 0 saturated carbocycles. The first-order chi connectivity index (χ1) is 7.35. The summed E-state index contributed by atoms with van der Waals surface area (Å²) in [6, 6.07) is 2.64. The second-order valence-corrected chi connectivity index (χ2v) is 5.95. The van der Waals surface area contributed by atoms with Crippen molar-refractivity contribution in [2.24, 2.45) is 0 Å². The minimum atomic E-state index is -3.62. The predicted octanol–water partition coefficient (Wildman–Crippen LogP) is 2.38. The van der Waals surface area contributed by atoms with Gasteiger partial charge in [0.15, 0.2) is 0 Å². The Kier molecular flexibility index (Phi) is 4.70. The number of benzene rings is 1. The van der Waals surface area contributed by atoms with Crippen molar-refractivity contribution in [1.29, 1.82) is 0 Å². The van der Waals surface area contributed by atoms with Crippen molar-refractivity contribution < 1.29 is 13.5 Å². The van der Waals surface area contributed by atoms with Crippen LogP contribution in [0.2, 0.25) is 15.1 Å². The van der Waals surface area contributed by atoms with E-state index in [0.29, 0.717) is 0 Å². The van der Waals surface area contributed by atoms with Crippen molar-refractivity contribution in [1.82, 2.24) is 0 Å². The van der Waals surface area contributed by atoms with E-state index < -0.39 is 22.4 Å². The lowest BCUT2D eigenvalue weighted by Crippen LogP contribution is -2.19. The smallest absolute Gasteiger partial charge is 0.235 e. The molecule has 0 saturated heterocycles. The van der Waals surface area contributed by atoms with Crippen molar-refractivity contribution in [3.63, 3.8) is 0 Å². The van der Waals surface area contributed by atoms with Crippen molar-refractivity contribution in [2.45, 2.75) is 0 Å². The lowest BCUT2D eigenvalue weighted by Gasteiger charge is -2.09. The fourth-order valence-corrected chi connectivity index (χ4v) is 2.44. The monoisotopic (exact) mass is 303 g/mol. The normalized spacial score (nSPS) is 11.5. The number of anilines is 1. The zero-order chi connectivity index (χ0) is 12.3. The molecular formula is C8H8Cl3NO3S. The number of aliphatic hydroxyl groups excluding tert-OH is 1. The number of hydrogen-bond donors (Lipinski definition) is 2. The maximum Gasteiger partial charge on any atom is 0.235 e. The van der Waals surface area contributed by atoms with Crippen LogP contribution in [-0.2, 0) is 10.0 Å². The van der Waals surface area contributed by atoms with E-state index in [9.17, 15) is 8.42 Å². The van der Waals surface area contributed by atoms with Gasteiger partial charge in [-0.15, -0.1) is 0 Å². The number of hydrogen-bond acceptors (Lipinski definition) is 3. The minimum absolute atomic E-state index is 0.129. The fraction of sp³-hybridized carbons (Fsp3) is 0.250. The SMILES string of the molecule is O=S(=O)(CCO)Nc1cc(Cl)c(Cl)cc1Cl. The van der Waals surface area contributed by atoms with Crippen LogP contribution < -0.4 is 4.72 Å². The molecule has 1 aromatic rings. The van der Waals surface area contributed by atoms with Crippen LogP contribution in [0.25, 0.3) is 0 Å². The van der Waals surface area contributed by atoms with Crippen LogP contribution in [-0.4, -0.2) is 25.9 Å². The van der Waals surface area contributed by atoms with Crippen LogP contribution in [0.4, 0.5) is 5.69 Å². The Bertz CT molecular complexity index is 490. The molecule has 0 amide bonds. The number of rotatable bonds is 4. The summed E-state index contributed by atoms with van der Waals surface area (Å²) in [5, 5.41) is 9.10. The molecule has 1 aromatic carbocycles. The van der Waals surface area contributed by atoms with Gasteiger partial charge >= 0.3 is 0 Å². The Hall–Kier alpha value is -0.200. The first-order valence-electron chi connectivity index (χ1n) is 4.11. The Labute approximate surface area is 108 Å². The zero-order valence-electron chi connectivity index (χ0n) is 7.87. The molecule has 1 rings (SSSR count). The van der Waals surface area contributed by atoms with E-state index in [1.54, 1.807) is 0 Å². The van der Waals surface area contributed by atoms with Gasteiger partial charge in [-0.25, -0.2) is 8.42 Å². The average Bonchev–Trinajstić information content (AvgIpc) is 2.13. The molecule has 0 aromatic heterocycles. The number of halogens is 3. The maximum atomic E-state index is 11.3. The fourth-order valence-electron chi connectivity index (χ4n) is 0.940. The molecule has 0 radical (unpaired) electrons. The highest BCUT2D eigenvalue weighted by molar-refractivity contribution is 7.92. The van der Waals surface area contributed by atoms with Crippen molar-refractivity contribution >= 4 is 50.5 Å². The number of nitrogens with one attached hydrogen (secondary N) is 1. The average molecular weight is 305 g/mol. The van der Waals surface area contributed by atoms with Gasteiger partial charge in [0.25, 0.3) is 0 Å². The van der Waals surface area contributed by atoms with E-state index in [2.05, 4.69) is 4.72 Å². The van der Waals surface area contributed by atoms with Gasteiger partial charge in [0.1, 0.15) is 0 Å². The molecule has 90 valence electrons. The molecule has 8 heteroatoms. The van der Waals surface area contributed by atoms with Crippen LogP contribution >= 0.6 is 34.8 Å². The molecule has 2 N–H and O–H groups in total. The van der Waals surface area contributed by atoms with Crippen LogP contribution in [0, 0.1) is 0 Å². The highest BCUT2D eigenvalue weighted by Gasteiger charge is 2.13. The second kappa shape index (κ2) is 5.42. The summed E-state index contributed by atoms with van der Waals surface area (Å²) in [6.07, 6.45) is 0. The molecule has 0 bridgehead atoms. The molecule has 0 aliphatic heterocycles. The van der Waals surface area contributed by atoms with Gasteiger partial charge in [-0.2, -0.15) is 0 Å². The van der Waals surface area contributed by atoms with Gasteiger partial charge in [0, 0.05) is 0 Å². The summed E-state index contributed by atoms with van der Waals surface area (Å²) in [5.74, 6) is -0.413. The lowest BCUT2D eigenvalue weighted by molar-refractivity contribution is 0.320. The van der Waals surface area contributed by atoms with Crippen LogP contribution in [0.3, 0.4) is 0 Å². The third kappa shape index (κ3) is 3.68. The standard InChI is InChI=1S/C8H8Cl3NO3S/c9-5-3-7(11)8(4-6(5)10)12-16(14,15)2-1-13/h3-4,12-13H,1-2H2. The molecule has 0 unspecified atom stereocenters. The first kappa shape index (κ1) is 13.9. The van der Waals surface area contributed by atoms with Crippen molar-refractivity contribution in [3.8, 4) is 0 Å². The molecule has 0 aliphatic rings. The lowest BCUT2D eigenvalue weighted by atomic mass is 10.3. The molecule has 0 heterocycles. The quantitative estimate of drug-likeness (QED) is 0.839. The summed E-state index contributed by atoms with van der Waals surface area (Å²) in [7, 11) is -3.62. The highest BCUT2D eigenvalue weighted by atomic mass is 35.5. The van der Waals surface area contributed by atoms with Crippen molar-refractivity contribution in [3.05, 3.63) is 27.2 Å². The molecule has 0 aliphatic carbocycles. The van der Waals surface area contributed by atoms with Gasteiger partial charge in [-0.05, 0) is 12.1 Å². The summed E-state index contributed by atoms with van der Waals surface area (Å²) < 4.78 is 24.9. The molecule has 0 spiro atoms. The third-order valence-corrected chi connectivity index (χ3v) is 3.92. The number of sulfonamides is 1. The Balaban J connectivity index is 3.03. The van der Waals surface area contributed by atoms with Gasteiger partial charge in [0.2, 0.25) is 10.0 Å². The largest absolute Gasteiger partial charge is 0.395 e. The maximum absolute atomic E-state index is 11.3. The molecule has 16 heavy (non-hydrogen) atoms. The molecule has 4 nitrogen and oxygen atoms in total. The van der Waals surface area contributed by atoms with E-state index in [1.165, 1.54) is 12.1 Å². The predicted molar refractivity (Wildman–Crippen MR) is 66.0 cm³/mol. The summed E-state index contributed by atoms with van der Waals surface area (Å²) in [5.41, 5.74) is 0.129. The Morgan fingerprint density at radius 2 is 1.69 bits per heavy atom. The van der Waals surface area contributed by atoms with E-state index in [0.717, 1.165) is 0 Å². The second-order valence-electron chi connectivity index (χ2n) is 2.89. The van der Waals surface area contributed by atoms with E-state index in [4.69, 9.17) is 39.9 Å². The summed E-state index contributed by atoms with van der Waals surface area (Å²) in [6.45, 7) is -0.478.